The van der Waals surface area contributed by atoms with Crippen LogP contribution in [0.4, 0.5) is 0 Å². The van der Waals surface area contributed by atoms with E-state index in [-0.39, 0.29) is 11.4 Å². The zero-order valence-corrected chi connectivity index (χ0v) is 14.0. The van der Waals surface area contributed by atoms with Gasteiger partial charge in [0.15, 0.2) is 0 Å². The lowest BCUT2D eigenvalue weighted by molar-refractivity contribution is 0.402. The molecule has 0 amide bonds. The molecular formula is C14H15BrN2O3S. The SMILES string of the molecule is COc1ccc(Br)cc1S(=O)(=O)NCc1cnccc1C. The highest BCUT2D eigenvalue weighted by atomic mass is 79.9. The zero-order valence-electron chi connectivity index (χ0n) is 11.6. The topological polar surface area (TPSA) is 68.3 Å². The molecule has 0 radical (unpaired) electrons. The van der Waals surface area contributed by atoms with E-state index in [1.807, 2.05) is 13.0 Å². The van der Waals surface area contributed by atoms with Gasteiger partial charge in [-0.25, -0.2) is 13.1 Å². The summed E-state index contributed by atoms with van der Waals surface area (Å²) in [5.41, 5.74) is 1.81. The van der Waals surface area contributed by atoms with Crippen molar-refractivity contribution in [2.24, 2.45) is 0 Å². The fourth-order valence-corrected chi connectivity index (χ4v) is 3.50. The van der Waals surface area contributed by atoms with Crippen LogP contribution in [-0.4, -0.2) is 20.5 Å². The first-order valence-electron chi connectivity index (χ1n) is 6.17. The molecule has 1 heterocycles. The number of ether oxygens (including phenoxy) is 1. The summed E-state index contributed by atoms with van der Waals surface area (Å²) in [6.07, 6.45) is 3.32. The van der Waals surface area contributed by atoms with E-state index in [1.54, 1.807) is 24.5 Å². The summed E-state index contributed by atoms with van der Waals surface area (Å²) < 4.78 is 33.2. The van der Waals surface area contributed by atoms with Crippen molar-refractivity contribution in [3.05, 3.63) is 52.3 Å². The molecule has 0 saturated heterocycles. The number of hydrogen-bond acceptors (Lipinski definition) is 4. The van der Waals surface area contributed by atoms with Crippen LogP contribution in [0.1, 0.15) is 11.1 Å². The van der Waals surface area contributed by atoms with Crippen molar-refractivity contribution in [1.29, 1.82) is 0 Å². The Morgan fingerprint density at radius 2 is 2.10 bits per heavy atom. The second kappa shape index (κ2) is 6.55. The molecule has 0 saturated carbocycles. The van der Waals surface area contributed by atoms with Crippen LogP contribution in [0.3, 0.4) is 0 Å². The number of halogens is 1. The van der Waals surface area contributed by atoms with E-state index in [1.165, 1.54) is 13.2 Å². The Kier molecular flexibility index (Phi) is 4.97. The largest absolute Gasteiger partial charge is 0.495 e. The fourth-order valence-electron chi connectivity index (χ4n) is 1.79. The van der Waals surface area contributed by atoms with Gasteiger partial charge in [-0.15, -0.1) is 0 Å². The predicted octanol–water partition coefficient (Wildman–Crippen LogP) is 2.64. The van der Waals surface area contributed by atoms with Gasteiger partial charge in [-0.1, -0.05) is 15.9 Å². The number of pyridine rings is 1. The van der Waals surface area contributed by atoms with E-state index in [0.717, 1.165) is 11.1 Å². The van der Waals surface area contributed by atoms with Crippen LogP contribution in [0.25, 0.3) is 0 Å². The third-order valence-corrected chi connectivity index (χ3v) is 4.93. The van der Waals surface area contributed by atoms with E-state index < -0.39 is 10.0 Å². The molecule has 2 aromatic rings. The smallest absolute Gasteiger partial charge is 0.244 e. The van der Waals surface area contributed by atoms with Gasteiger partial charge >= 0.3 is 0 Å². The highest BCUT2D eigenvalue weighted by Gasteiger charge is 2.19. The van der Waals surface area contributed by atoms with E-state index in [0.29, 0.717) is 10.2 Å². The molecule has 1 aromatic heterocycles. The number of nitrogens with zero attached hydrogens (tertiary/aromatic N) is 1. The van der Waals surface area contributed by atoms with Gasteiger partial charge in [0.1, 0.15) is 10.6 Å². The number of aromatic nitrogens is 1. The van der Waals surface area contributed by atoms with Crippen molar-refractivity contribution in [3.8, 4) is 5.75 Å². The molecule has 0 aliphatic carbocycles. The van der Waals surface area contributed by atoms with Gasteiger partial charge in [0.2, 0.25) is 10.0 Å². The van der Waals surface area contributed by atoms with Gasteiger partial charge < -0.3 is 4.74 Å². The Labute approximate surface area is 132 Å². The van der Waals surface area contributed by atoms with Crippen molar-refractivity contribution in [2.45, 2.75) is 18.4 Å². The number of sulfonamides is 1. The molecule has 0 fully saturated rings. The van der Waals surface area contributed by atoms with Gasteiger partial charge in [0.05, 0.1) is 7.11 Å². The second-order valence-corrected chi connectivity index (χ2v) is 7.07. The molecule has 0 bridgehead atoms. The average Bonchev–Trinajstić information content (AvgIpc) is 2.46. The van der Waals surface area contributed by atoms with Gasteiger partial charge in [0.25, 0.3) is 0 Å². The van der Waals surface area contributed by atoms with E-state index in [4.69, 9.17) is 4.74 Å². The van der Waals surface area contributed by atoms with Crippen LogP contribution >= 0.6 is 15.9 Å². The summed E-state index contributed by atoms with van der Waals surface area (Å²) in [5.74, 6) is 0.300. The van der Waals surface area contributed by atoms with Crippen molar-refractivity contribution >= 4 is 26.0 Å². The van der Waals surface area contributed by atoms with Gasteiger partial charge in [-0.05, 0) is 42.3 Å². The highest BCUT2D eigenvalue weighted by Crippen LogP contribution is 2.27. The Balaban J connectivity index is 2.27. The van der Waals surface area contributed by atoms with Gasteiger partial charge in [0, 0.05) is 23.4 Å². The first-order chi connectivity index (χ1) is 9.94. The number of rotatable bonds is 5. The molecule has 1 N–H and O–H groups in total. The first kappa shape index (κ1) is 15.9. The predicted molar refractivity (Wildman–Crippen MR) is 83.7 cm³/mol. The van der Waals surface area contributed by atoms with Crippen molar-refractivity contribution < 1.29 is 13.2 Å². The Morgan fingerprint density at radius 3 is 2.76 bits per heavy atom. The summed E-state index contributed by atoms with van der Waals surface area (Å²) >= 11 is 3.27. The third-order valence-electron chi connectivity index (χ3n) is 3.02. The summed E-state index contributed by atoms with van der Waals surface area (Å²) in [4.78, 5) is 4.10. The normalized spacial score (nSPS) is 11.4. The highest BCUT2D eigenvalue weighted by molar-refractivity contribution is 9.10. The number of hydrogen-bond donors (Lipinski definition) is 1. The lowest BCUT2D eigenvalue weighted by Crippen LogP contribution is -2.24. The van der Waals surface area contributed by atoms with Crippen LogP contribution in [0.2, 0.25) is 0 Å². The van der Waals surface area contributed by atoms with Gasteiger partial charge in [-0.2, -0.15) is 0 Å². The van der Waals surface area contributed by atoms with Crippen molar-refractivity contribution in [3.63, 3.8) is 0 Å². The molecule has 0 aliphatic rings. The summed E-state index contributed by atoms with van der Waals surface area (Å²) in [5, 5.41) is 0. The minimum atomic E-state index is -3.67. The lowest BCUT2D eigenvalue weighted by atomic mass is 10.2. The fraction of sp³-hybridized carbons (Fsp3) is 0.214. The Morgan fingerprint density at radius 1 is 1.33 bits per heavy atom. The second-order valence-electron chi connectivity index (χ2n) is 4.42. The minimum absolute atomic E-state index is 0.0981. The first-order valence-corrected chi connectivity index (χ1v) is 8.44. The van der Waals surface area contributed by atoms with Crippen LogP contribution in [0, 0.1) is 6.92 Å². The van der Waals surface area contributed by atoms with E-state index in [9.17, 15) is 8.42 Å². The molecule has 0 spiro atoms. The van der Waals surface area contributed by atoms with E-state index in [2.05, 4.69) is 25.6 Å². The molecular weight excluding hydrogens is 356 g/mol. The minimum Gasteiger partial charge on any atom is -0.495 e. The molecule has 0 atom stereocenters. The van der Waals surface area contributed by atoms with E-state index >= 15 is 0 Å². The van der Waals surface area contributed by atoms with Gasteiger partial charge in [-0.3, -0.25) is 4.98 Å². The molecule has 21 heavy (non-hydrogen) atoms. The quantitative estimate of drug-likeness (QED) is 0.878. The molecule has 112 valence electrons. The van der Waals surface area contributed by atoms with Crippen LogP contribution in [-0.2, 0) is 16.6 Å². The van der Waals surface area contributed by atoms with Crippen LogP contribution < -0.4 is 9.46 Å². The van der Waals surface area contributed by atoms with Crippen molar-refractivity contribution in [1.82, 2.24) is 9.71 Å². The molecule has 2 rings (SSSR count). The third kappa shape index (κ3) is 3.81. The van der Waals surface area contributed by atoms with Crippen LogP contribution in [0.5, 0.6) is 5.75 Å². The maximum Gasteiger partial charge on any atom is 0.244 e. The molecule has 7 heteroatoms. The number of benzene rings is 1. The zero-order chi connectivity index (χ0) is 15.5. The molecule has 5 nitrogen and oxygen atoms in total. The Hall–Kier alpha value is -1.44. The summed E-state index contributed by atoms with van der Waals surface area (Å²) in [6.45, 7) is 2.09. The number of methoxy groups -OCH3 is 1. The molecule has 0 aliphatic heterocycles. The Bertz CT molecular complexity index is 748. The standard InChI is InChI=1S/C14H15BrN2O3S/c1-10-5-6-16-8-11(10)9-17-21(18,19)14-7-12(15)3-4-13(14)20-2/h3-8,17H,9H2,1-2H3. The monoisotopic (exact) mass is 370 g/mol. The summed E-state index contributed by atoms with van der Waals surface area (Å²) in [6, 6.07) is 6.68. The maximum absolute atomic E-state index is 12.4. The average molecular weight is 371 g/mol. The molecule has 1 aromatic carbocycles. The number of aryl methyl sites for hydroxylation is 1. The lowest BCUT2D eigenvalue weighted by Gasteiger charge is -2.12. The van der Waals surface area contributed by atoms with Crippen molar-refractivity contribution in [2.75, 3.05) is 7.11 Å². The molecule has 0 unspecified atom stereocenters. The number of nitrogens with one attached hydrogen (secondary N) is 1. The summed E-state index contributed by atoms with van der Waals surface area (Å²) in [7, 11) is -2.24. The maximum atomic E-state index is 12.4. The van der Waals surface area contributed by atoms with Crippen LogP contribution in [0.15, 0.2) is 46.0 Å².